The Labute approximate surface area is 241 Å². The van der Waals surface area contributed by atoms with Crippen LogP contribution in [0.15, 0.2) is 57.4 Å². The van der Waals surface area contributed by atoms with E-state index >= 15 is 0 Å². The second kappa shape index (κ2) is 11.0. The van der Waals surface area contributed by atoms with E-state index in [1.54, 1.807) is 30.3 Å². The highest BCUT2D eigenvalue weighted by Crippen LogP contribution is 2.44. The number of thiophene rings is 2. The summed E-state index contributed by atoms with van der Waals surface area (Å²) >= 11 is 11.7. The van der Waals surface area contributed by atoms with Crippen molar-refractivity contribution in [2.75, 3.05) is 5.32 Å². The maximum Gasteiger partial charge on any atom is 0.291 e. The lowest BCUT2D eigenvalue weighted by Gasteiger charge is -2.09. The van der Waals surface area contributed by atoms with Gasteiger partial charge in [0.2, 0.25) is 0 Å². The molecular formula is C26H17BrClF2N3O4S2. The minimum atomic E-state index is -2.83. The summed E-state index contributed by atoms with van der Waals surface area (Å²) < 4.78 is 39.4. The van der Waals surface area contributed by atoms with E-state index in [0.29, 0.717) is 32.4 Å². The highest BCUT2D eigenvalue weighted by atomic mass is 79.9. The number of aromatic nitrogens is 1. The number of amides is 2. The molecule has 0 aliphatic carbocycles. The lowest BCUT2D eigenvalue weighted by Crippen LogP contribution is -2.16. The predicted molar refractivity (Wildman–Crippen MR) is 151 cm³/mol. The van der Waals surface area contributed by atoms with Crippen LogP contribution in [0.4, 0.5) is 14.5 Å². The Kier molecular flexibility index (Phi) is 7.72. The molecule has 0 fully saturated rings. The molecule has 39 heavy (non-hydrogen) atoms. The van der Waals surface area contributed by atoms with Crippen LogP contribution in [0.3, 0.4) is 0 Å². The molecule has 7 nitrogen and oxygen atoms in total. The molecule has 0 saturated carbocycles. The van der Waals surface area contributed by atoms with E-state index in [9.17, 15) is 18.4 Å². The molecule has 0 unspecified atom stereocenters. The predicted octanol–water partition coefficient (Wildman–Crippen LogP) is 8.21. The number of primary amides is 1. The first-order chi connectivity index (χ1) is 18.6. The molecule has 0 bridgehead atoms. The van der Waals surface area contributed by atoms with Gasteiger partial charge >= 0.3 is 0 Å². The summed E-state index contributed by atoms with van der Waals surface area (Å²) in [7, 11) is 0. The van der Waals surface area contributed by atoms with Gasteiger partial charge in [-0.1, -0.05) is 27.5 Å². The number of carbonyl (C=O) groups is 2. The third-order valence-electron chi connectivity index (χ3n) is 5.52. The van der Waals surface area contributed by atoms with Crippen LogP contribution in [0.25, 0.3) is 20.7 Å². The number of nitrogens with zero attached hydrogens (tertiary/aromatic N) is 1. The fourth-order valence-electron chi connectivity index (χ4n) is 3.79. The first-order valence-corrected chi connectivity index (χ1v) is 14.0. The molecule has 0 aliphatic heterocycles. The number of benzene rings is 1. The van der Waals surface area contributed by atoms with Gasteiger partial charge in [0.15, 0.2) is 5.76 Å². The zero-order valence-electron chi connectivity index (χ0n) is 19.9. The van der Waals surface area contributed by atoms with E-state index in [4.69, 9.17) is 26.5 Å². The Hall–Kier alpha value is -3.32. The van der Waals surface area contributed by atoms with Gasteiger partial charge in [-0.15, -0.1) is 22.7 Å². The summed E-state index contributed by atoms with van der Waals surface area (Å²) in [5.41, 5.74) is 5.64. The van der Waals surface area contributed by atoms with Crippen molar-refractivity contribution in [2.24, 2.45) is 5.73 Å². The van der Waals surface area contributed by atoms with Crippen LogP contribution >= 0.6 is 50.2 Å². The van der Waals surface area contributed by atoms with Crippen molar-refractivity contribution >= 4 is 77.9 Å². The van der Waals surface area contributed by atoms with Gasteiger partial charge in [-0.3, -0.25) is 9.59 Å². The fraction of sp³-hybridized carbons (Fsp3) is 0.115. The molecule has 0 radical (unpaired) electrons. The maximum atomic E-state index is 13.7. The molecule has 5 rings (SSSR count). The van der Waals surface area contributed by atoms with Gasteiger partial charge < -0.3 is 20.2 Å². The smallest absolute Gasteiger partial charge is 0.291 e. The Morgan fingerprint density at radius 1 is 1.18 bits per heavy atom. The van der Waals surface area contributed by atoms with Crippen LogP contribution in [0.5, 0.6) is 5.75 Å². The first-order valence-electron chi connectivity index (χ1n) is 11.2. The number of pyridine rings is 1. The zero-order valence-corrected chi connectivity index (χ0v) is 23.9. The average molecular weight is 653 g/mol. The number of ether oxygens (including phenoxy) is 1. The molecular weight excluding hydrogens is 636 g/mol. The number of anilines is 1. The van der Waals surface area contributed by atoms with Crippen molar-refractivity contribution in [3.8, 4) is 16.2 Å². The number of fused-ring (bicyclic) bond motifs is 1. The van der Waals surface area contributed by atoms with Gasteiger partial charge in [0.1, 0.15) is 33.5 Å². The lowest BCUT2D eigenvalue weighted by atomic mass is 10.1. The van der Waals surface area contributed by atoms with Crippen molar-refractivity contribution in [3.05, 3.63) is 85.0 Å². The zero-order chi connectivity index (χ0) is 27.8. The number of alkyl halides is 2. The van der Waals surface area contributed by atoms with E-state index in [0.717, 1.165) is 20.7 Å². The van der Waals surface area contributed by atoms with Crippen molar-refractivity contribution in [1.29, 1.82) is 0 Å². The van der Waals surface area contributed by atoms with Crippen LogP contribution in [0.2, 0.25) is 5.02 Å². The number of nitrogens with one attached hydrogen (secondary N) is 1. The third-order valence-corrected chi connectivity index (χ3v) is 8.44. The van der Waals surface area contributed by atoms with Gasteiger partial charge in [0, 0.05) is 25.2 Å². The van der Waals surface area contributed by atoms with Crippen molar-refractivity contribution in [1.82, 2.24) is 4.98 Å². The summed E-state index contributed by atoms with van der Waals surface area (Å²) in [6.45, 7) is 1.89. The van der Waals surface area contributed by atoms with Gasteiger partial charge in [-0.2, -0.15) is 0 Å². The molecule has 0 spiro atoms. The number of halogens is 4. The third kappa shape index (κ3) is 5.69. The normalized spacial score (nSPS) is 11.3. The number of hydrogen-bond donors (Lipinski definition) is 2. The van der Waals surface area contributed by atoms with Crippen LogP contribution in [-0.4, -0.2) is 16.8 Å². The molecule has 0 saturated heterocycles. The molecule has 4 heterocycles. The Bertz CT molecular complexity index is 1730. The number of furan rings is 1. The van der Waals surface area contributed by atoms with E-state index in [1.165, 1.54) is 23.5 Å². The van der Waals surface area contributed by atoms with E-state index in [-0.39, 0.29) is 27.8 Å². The molecule has 4 aromatic heterocycles. The number of hydrogen-bond acceptors (Lipinski definition) is 7. The highest BCUT2D eigenvalue weighted by molar-refractivity contribution is 9.10. The lowest BCUT2D eigenvalue weighted by molar-refractivity contribution is 0.0992. The summed E-state index contributed by atoms with van der Waals surface area (Å²) in [4.78, 5) is 31.3. The SMILES string of the molecule is Cc1ccc(-c2cc(C(F)F)nc3sc(C(N)=O)c(NC(=O)c4ccc(COc5ccc(Br)cc5Cl)o4)c23)s1. The summed E-state index contributed by atoms with van der Waals surface area (Å²) in [6, 6.07) is 13.1. The van der Waals surface area contributed by atoms with E-state index in [2.05, 4.69) is 26.2 Å². The van der Waals surface area contributed by atoms with Crippen LogP contribution in [0, 0.1) is 6.92 Å². The second-order valence-corrected chi connectivity index (χ2v) is 11.8. The van der Waals surface area contributed by atoms with Crippen LogP contribution < -0.4 is 15.8 Å². The van der Waals surface area contributed by atoms with Crippen LogP contribution in [0.1, 0.15) is 43.0 Å². The highest BCUT2D eigenvalue weighted by Gasteiger charge is 2.26. The molecule has 1 aromatic carbocycles. The molecule has 13 heteroatoms. The quantitative estimate of drug-likeness (QED) is 0.176. The average Bonchev–Trinajstić information content (AvgIpc) is 3.62. The Balaban J connectivity index is 1.48. The molecule has 3 N–H and O–H groups in total. The number of nitrogens with two attached hydrogens (primary N) is 1. The van der Waals surface area contributed by atoms with Crippen LogP contribution in [-0.2, 0) is 6.61 Å². The standard InChI is InChI=1S/C26H17BrClF2N3O4S2/c1-11-2-7-19(38-11)14-9-16(23(29)30)32-26-20(14)21(22(39-26)24(31)34)33-25(35)18-6-4-13(37-18)10-36-17-5-3-12(27)8-15(17)28/h2-9,23H,10H2,1H3,(H2,31,34)(H,33,35). The molecule has 200 valence electrons. The topological polar surface area (TPSA) is 107 Å². The molecule has 0 aliphatic rings. The van der Waals surface area contributed by atoms with Gasteiger partial charge in [0.25, 0.3) is 18.2 Å². The summed E-state index contributed by atoms with van der Waals surface area (Å²) in [5.74, 6) is -0.778. The first kappa shape index (κ1) is 27.3. The number of carbonyl (C=O) groups excluding carboxylic acids is 2. The number of aryl methyl sites for hydroxylation is 1. The largest absolute Gasteiger partial charge is 0.484 e. The number of rotatable bonds is 8. The molecule has 5 aromatic rings. The minimum Gasteiger partial charge on any atom is -0.484 e. The second-order valence-electron chi connectivity index (χ2n) is 8.24. The minimum absolute atomic E-state index is 0.00471. The molecule has 0 atom stereocenters. The van der Waals surface area contributed by atoms with Crippen molar-refractivity contribution < 1.29 is 27.5 Å². The summed E-state index contributed by atoms with van der Waals surface area (Å²) in [6.07, 6.45) is -2.83. The van der Waals surface area contributed by atoms with Crippen molar-refractivity contribution in [2.45, 2.75) is 20.0 Å². The molecule has 2 amide bonds. The Morgan fingerprint density at radius 3 is 2.64 bits per heavy atom. The fourth-order valence-corrected chi connectivity index (χ4v) is 6.42. The maximum absolute atomic E-state index is 13.7. The van der Waals surface area contributed by atoms with Gasteiger partial charge in [0.05, 0.1) is 10.7 Å². The van der Waals surface area contributed by atoms with E-state index in [1.807, 2.05) is 13.0 Å². The van der Waals surface area contributed by atoms with Gasteiger partial charge in [-0.25, -0.2) is 13.8 Å². The van der Waals surface area contributed by atoms with Crippen molar-refractivity contribution in [3.63, 3.8) is 0 Å². The monoisotopic (exact) mass is 651 g/mol. The summed E-state index contributed by atoms with van der Waals surface area (Å²) in [5, 5.41) is 3.43. The van der Waals surface area contributed by atoms with Gasteiger partial charge in [-0.05, 0) is 55.5 Å². The van der Waals surface area contributed by atoms with E-state index < -0.39 is 23.9 Å². The Morgan fingerprint density at radius 2 is 1.97 bits per heavy atom.